The highest BCUT2D eigenvalue weighted by molar-refractivity contribution is 5.46. The number of hydrogen-bond acceptors (Lipinski definition) is 2. The molecule has 3 heteroatoms. The predicted molar refractivity (Wildman–Crippen MR) is 75.9 cm³/mol. The summed E-state index contributed by atoms with van der Waals surface area (Å²) >= 11 is 0. The van der Waals surface area contributed by atoms with Crippen LogP contribution >= 0.6 is 0 Å². The van der Waals surface area contributed by atoms with Crippen LogP contribution in [0.1, 0.15) is 45.6 Å². The molecule has 0 saturated carbocycles. The zero-order chi connectivity index (χ0) is 13.5. The molecule has 102 valence electrons. The summed E-state index contributed by atoms with van der Waals surface area (Å²) in [5.41, 5.74) is 7.45. The fourth-order valence-electron chi connectivity index (χ4n) is 2.00. The van der Waals surface area contributed by atoms with Crippen LogP contribution in [0.2, 0.25) is 0 Å². The summed E-state index contributed by atoms with van der Waals surface area (Å²) in [7, 11) is 0. The molecule has 1 atom stereocenters. The van der Waals surface area contributed by atoms with Gasteiger partial charge in [-0.05, 0) is 44.0 Å². The van der Waals surface area contributed by atoms with E-state index in [2.05, 4.69) is 25.7 Å². The first kappa shape index (κ1) is 15.0. The molecule has 0 aromatic heterocycles. The number of halogens is 1. The fourth-order valence-corrected chi connectivity index (χ4v) is 2.00. The summed E-state index contributed by atoms with van der Waals surface area (Å²) in [6.45, 7) is 8.50. The molecule has 1 aromatic carbocycles. The first-order valence-electron chi connectivity index (χ1n) is 6.86. The van der Waals surface area contributed by atoms with Crippen molar-refractivity contribution in [1.82, 2.24) is 4.90 Å². The van der Waals surface area contributed by atoms with E-state index in [9.17, 15) is 4.39 Å². The first-order chi connectivity index (χ1) is 8.58. The lowest BCUT2D eigenvalue weighted by Crippen LogP contribution is -2.33. The minimum atomic E-state index is -0.264. The van der Waals surface area contributed by atoms with Gasteiger partial charge in [0.15, 0.2) is 0 Å². The van der Waals surface area contributed by atoms with Crippen molar-refractivity contribution in [2.24, 2.45) is 0 Å². The van der Waals surface area contributed by atoms with Gasteiger partial charge in [-0.15, -0.1) is 0 Å². The van der Waals surface area contributed by atoms with Crippen molar-refractivity contribution in [2.75, 3.05) is 12.3 Å². The lowest BCUT2D eigenvalue weighted by Gasteiger charge is -2.28. The van der Waals surface area contributed by atoms with Gasteiger partial charge in [-0.1, -0.05) is 26.3 Å². The molecular formula is C15H25FN2. The molecule has 0 spiro atoms. The minimum Gasteiger partial charge on any atom is -0.398 e. The van der Waals surface area contributed by atoms with Gasteiger partial charge in [0.05, 0.1) is 0 Å². The Morgan fingerprint density at radius 2 is 2.06 bits per heavy atom. The third-order valence-corrected chi connectivity index (χ3v) is 3.49. The van der Waals surface area contributed by atoms with E-state index in [1.807, 2.05) is 0 Å². The second-order valence-electron chi connectivity index (χ2n) is 4.92. The van der Waals surface area contributed by atoms with Gasteiger partial charge in [-0.2, -0.15) is 0 Å². The highest BCUT2D eigenvalue weighted by Gasteiger charge is 2.13. The molecule has 0 heterocycles. The molecule has 1 unspecified atom stereocenters. The second kappa shape index (κ2) is 7.37. The molecule has 1 aromatic rings. The minimum absolute atomic E-state index is 0.264. The van der Waals surface area contributed by atoms with Crippen LogP contribution in [0.5, 0.6) is 0 Å². The molecule has 0 amide bonds. The van der Waals surface area contributed by atoms with E-state index in [0.717, 1.165) is 25.1 Å². The Balaban J connectivity index is 2.75. The van der Waals surface area contributed by atoms with Crippen LogP contribution in [0.4, 0.5) is 10.1 Å². The van der Waals surface area contributed by atoms with Crippen molar-refractivity contribution in [3.8, 4) is 0 Å². The SMILES string of the molecule is CCCCN(Cc1ccc(F)cc1N)C(C)CC. The number of unbranched alkanes of at least 4 members (excludes halogenated alkanes) is 1. The van der Waals surface area contributed by atoms with Gasteiger partial charge in [-0.25, -0.2) is 4.39 Å². The van der Waals surface area contributed by atoms with Crippen LogP contribution in [0, 0.1) is 5.82 Å². The lowest BCUT2D eigenvalue weighted by molar-refractivity contribution is 0.192. The second-order valence-corrected chi connectivity index (χ2v) is 4.92. The standard InChI is InChI=1S/C15H25FN2/c1-4-6-9-18(12(3)5-2)11-13-7-8-14(16)10-15(13)17/h7-8,10,12H,4-6,9,11,17H2,1-3H3. The summed E-state index contributed by atoms with van der Waals surface area (Å²) in [5, 5.41) is 0. The molecule has 0 fully saturated rings. The van der Waals surface area contributed by atoms with Gasteiger partial charge < -0.3 is 5.73 Å². The van der Waals surface area contributed by atoms with Crippen LogP contribution < -0.4 is 5.73 Å². The Hall–Kier alpha value is -1.09. The first-order valence-corrected chi connectivity index (χ1v) is 6.86. The number of nitrogen functional groups attached to an aromatic ring is 1. The Morgan fingerprint density at radius 3 is 2.61 bits per heavy atom. The van der Waals surface area contributed by atoms with Gasteiger partial charge in [0.2, 0.25) is 0 Å². The van der Waals surface area contributed by atoms with Gasteiger partial charge in [0.1, 0.15) is 5.82 Å². The Bertz CT molecular complexity index is 366. The molecular weight excluding hydrogens is 227 g/mol. The van der Waals surface area contributed by atoms with Crippen LogP contribution in [0.25, 0.3) is 0 Å². The predicted octanol–water partition coefficient (Wildman–Crippen LogP) is 3.81. The average Bonchev–Trinajstić information content (AvgIpc) is 2.36. The van der Waals surface area contributed by atoms with Crippen LogP contribution in [0.3, 0.4) is 0 Å². The number of hydrogen-bond donors (Lipinski definition) is 1. The molecule has 2 N–H and O–H groups in total. The van der Waals surface area contributed by atoms with E-state index in [0.29, 0.717) is 11.7 Å². The van der Waals surface area contributed by atoms with E-state index in [-0.39, 0.29) is 5.82 Å². The highest BCUT2D eigenvalue weighted by Crippen LogP contribution is 2.18. The third kappa shape index (κ3) is 4.30. The summed E-state index contributed by atoms with van der Waals surface area (Å²) in [6, 6.07) is 5.22. The van der Waals surface area contributed by atoms with Crippen molar-refractivity contribution in [3.05, 3.63) is 29.6 Å². The molecule has 0 aliphatic heterocycles. The van der Waals surface area contributed by atoms with Gasteiger partial charge in [0.25, 0.3) is 0 Å². The molecule has 0 bridgehead atoms. The molecule has 0 radical (unpaired) electrons. The van der Waals surface area contributed by atoms with Crippen molar-refractivity contribution >= 4 is 5.69 Å². The van der Waals surface area contributed by atoms with Crippen molar-refractivity contribution in [2.45, 2.75) is 52.6 Å². The van der Waals surface area contributed by atoms with E-state index >= 15 is 0 Å². The topological polar surface area (TPSA) is 29.3 Å². The fraction of sp³-hybridized carbons (Fsp3) is 0.600. The molecule has 1 rings (SSSR count). The lowest BCUT2D eigenvalue weighted by atomic mass is 10.1. The number of anilines is 1. The normalized spacial score (nSPS) is 12.9. The number of nitrogens with two attached hydrogens (primary N) is 1. The number of benzene rings is 1. The summed E-state index contributed by atoms with van der Waals surface area (Å²) in [4.78, 5) is 2.42. The van der Waals surface area contributed by atoms with Crippen molar-refractivity contribution in [3.63, 3.8) is 0 Å². The van der Waals surface area contributed by atoms with Crippen molar-refractivity contribution < 1.29 is 4.39 Å². The average molecular weight is 252 g/mol. The Labute approximate surface area is 110 Å². The van der Waals surface area contributed by atoms with Crippen molar-refractivity contribution in [1.29, 1.82) is 0 Å². The maximum atomic E-state index is 13.0. The van der Waals surface area contributed by atoms with Gasteiger partial charge in [-0.3, -0.25) is 4.90 Å². The van der Waals surface area contributed by atoms with E-state index in [4.69, 9.17) is 5.73 Å². The monoisotopic (exact) mass is 252 g/mol. The summed E-state index contributed by atoms with van der Waals surface area (Å²) in [6.07, 6.45) is 3.49. The maximum absolute atomic E-state index is 13.0. The molecule has 18 heavy (non-hydrogen) atoms. The largest absolute Gasteiger partial charge is 0.398 e. The van der Waals surface area contributed by atoms with Crippen LogP contribution in [-0.2, 0) is 6.54 Å². The Kier molecular flexibility index (Phi) is 6.13. The Morgan fingerprint density at radius 1 is 1.33 bits per heavy atom. The molecule has 2 nitrogen and oxygen atoms in total. The van der Waals surface area contributed by atoms with E-state index in [1.54, 1.807) is 6.07 Å². The van der Waals surface area contributed by atoms with E-state index < -0.39 is 0 Å². The van der Waals surface area contributed by atoms with E-state index in [1.165, 1.54) is 25.0 Å². The quantitative estimate of drug-likeness (QED) is 0.748. The zero-order valence-corrected chi connectivity index (χ0v) is 11.7. The molecule has 0 aliphatic carbocycles. The maximum Gasteiger partial charge on any atom is 0.125 e. The van der Waals surface area contributed by atoms with Crippen LogP contribution in [0.15, 0.2) is 18.2 Å². The third-order valence-electron chi connectivity index (χ3n) is 3.49. The summed E-state index contributed by atoms with van der Waals surface area (Å²) < 4.78 is 13.0. The smallest absolute Gasteiger partial charge is 0.125 e. The highest BCUT2D eigenvalue weighted by atomic mass is 19.1. The van der Waals surface area contributed by atoms with Gasteiger partial charge in [0, 0.05) is 18.3 Å². The number of rotatable bonds is 7. The summed E-state index contributed by atoms with van der Waals surface area (Å²) in [5.74, 6) is -0.264. The van der Waals surface area contributed by atoms with Crippen LogP contribution in [-0.4, -0.2) is 17.5 Å². The zero-order valence-electron chi connectivity index (χ0n) is 11.7. The van der Waals surface area contributed by atoms with Gasteiger partial charge >= 0.3 is 0 Å². The number of nitrogens with zero attached hydrogens (tertiary/aromatic N) is 1. The molecule has 0 aliphatic rings. The molecule has 0 saturated heterocycles.